The van der Waals surface area contributed by atoms with Crippen molar-refractivity contribution >= 4 is 17.7 Å². The van der Waals surface area contributed by atoms with Crippen LogP contribution in [0, 0.1) is 6.92 Å². The van der Waals surface area contributed by atoms with Gasteiger partial charge in [-0.25, -0.2) is 4.98 Å². The molecule has 1 aliphatic heterocycles. The first-order chi connectivity index (χ1) is 12.1. The lowest BCUT2D eigenvalue weighted by Crippen LogP contribution is -2.40. The molecule has 1 aliphatic rings. The van der Waals surface area contributed by atoms with Crippen molar-refractivity contribution in [2.75, 3.05) is 6.54 Å². The van der Waals surface area contributed by atoms with Gasteiger partial charge in [-0.15, -0.1) is 0 Å². The third kappa shape index (κ3) is 3.85. The minimum atomic E-state index is -0.327. The summed E-state index contributed by atoms with van der Waals surface area (Å²) >= 11 is 1.29. The van der Waals surface area contributed by atoms with Crippen molar-refractivity contribution in [1.82, 2.24) is 25.1 Å². The summed E-state index contributed by atoms with van der Waals surface area (Å²) in [6.45, 7) is 11.2. The molecule has 2 aromatic heterocycles. The molecule has 26 heavy (non-hydrogen) atoms. The standard InChI is InChI=1S/C18H25N5O2S/c1-10-8-14(24)20-17(19-10)26-11(2)16(25)23-7-6-13-12(9-23)15(22-21-13)18(3,4)5/h8,11H,6-7,9H2,1-5H3,(H,21,22)(H,19,20,24). The van der Waals surface area contributed by atoms with Gasteiger partial charge in [0.05, 0.1) is 10.9 Å². The minimum Gasteiger partial charge on any atom is -0.337 e. The Morgan fingerprint density at radius 1 is 1.38 bits per heavy atom. The molecule has 0 radical (unpaired) electrons. The Morgan fingerprint density at radius 3 is 2.77 bits per heavy atom. The topological polar surface area (TPSA) is 94.7 Å². The van der Waals surface area contributed by atoms with Crippen molar-refractivity contribution in [1.29, 1.82) is 0 Å². The van der Waals surface area contributed by atoms with Gasteiger partial charge in [0.1, 0.15) is 0 Å². The first-order valence-corrected chi connectivity index (χ1v) is 9.63. The number of aryl methyl sites for hydroxylation is 1. The van der Waals surface area contributed by atoms with Crippen LogP contribution in [0.2, 0.25) is 0 Å². The highest BCUT2D eigenvalue weighted by Crippen LogP contribution is 2.30. The van der Waals surface area contributed by atoms with E-state index >= 15 is 0 Å². The van der Waals surface area contributed by atoms with Gasteiger partial charge in [0.15, 0.2) is 5.16 Å². The van der Waals surface area contributed by atoms with Gasteiger partial charge >= 0.3 is 0 Å². The highest BCUT2D eigenvalue weighted by atomic mass is 32.2. The quantitative estimate of drug-likeness (QED) is 0.633. The van der Waals surface area contributed by atoms with Crippen molar-refractivity contribution < 1.29 is 4.79 Å². The van der Waals surface area contributed by atoms with Crippen molar-refractivity contribution in [3.05, 3.63) is 39.1 Å². The molecule has 7 nitrogen and oxygen atoms in total. The van der Waals surface area contributed by atoms with Crippen molar-refractivity contribution in [3.63, 3.8) is 0 Å². The summed E-state index contributed by atoms with van der Waals surface area (Å²) in [5.41, 5.74) is 3.67. The van der Waals surface area contributed by atoms with Crippen LogP contribution in [0.5, 0.6) is 0 Å². The number of carbonyl (C=O) groups is 1. The van der Waals surface area contributed by atoms with E-state index in [-0.39, 0.29) is 22.1 Å². The van der Waals surface area contributed by atoms with Gasteiger partial charge in [0.25, 0.3) is 5.56 Å². The Kier molecular flexibility index (Phi) is 4.96. The molecule has 0 saturated heterocycles. The van der Waals surface area contributed by atoms with E-state index in [4.69, 9.17) is 0 Å². The van der Waals surface area contributed by atoms with Gasteiger partial charge in [-0.3, -0.25) is 14.7 Å². The second kappa shape index (κ2) is 6.90. The first-order valence-electron chi connectivity index (χ1n) is 8.75. The smallest absolute Gasteiger partial charge is 0.251 e. The molecule has 1 unspecified atom stereocenters. The highest BCUT2D eigenvalue weighted by Gasteiger charge is 2.31. The number of H-pyrrole nitrogens is 2. The Bertz CT molecular complexity index is 880. The molecule has 0 saturated carbocycles. The van der Waals surface area contributed by atoms with Crippen LogP contribution in [0.15, 0.2) is 16.0 Å². The second-order valence-corrected chi connectivity index (χ2v) is 9.07. The Labute approximate surface area is 157 Å². The third-order valence-electron chi connectivity index (χ3n) is 4.44. The molecular formula is C18H25N5O2S. The second-order valence-electron chi connectivity index (χ2n) is 7.74. The molecule has 1 amide bonds. The van der Waals surface area contributed by atoms with Crippen molar-refractivity contribution in [2.45, 2.75) is 63.4 Å². The summed E-state index contributed by atoms with van der Waals surface area (Å²) in [6, 6.07) is 1.44. The van der Waals surface area contributed by atoms with Gasteiger partial charge in [-0.1, -0.05) is 32.5 Å². The fourth-order valence-corrected chi connectivity index (χ4v) is 4.13. The number of nitrogens with zero attached hydrogens (tertiary/aromatic N) is 3. The predicted molar refractivity (Wildman–Crippen MR) is 101 cm³/mol. The zero-order valence-electron chi connectivity index (χ0n) is 15.8. The van der Waals surface area contributed by atoms with E-state index < -0.39 is 0 Å². The van der Waals surface area contributed by atoms with Crippen molar-refractivity contribution in [2.24, 2.45) is 0 Å². The van der Waals surface area contributed by atoms with Crippen LogP contribution < -0.4 is 5.56 Å². The van der Waals surface area contributed by atoms with E-state index in [9.17, 15) is 9.59 Å². The molecule has 3 rings (SSSR count). The summed E-state index contributed by atoms with van der Waals surface area (Å²) in [5.74, 6) is 0.0471. The maximum atomic E-state index is 12.9. The number of nitrogens with one attached hydrogen (secondary N) is 2. The normalized spacial score (nSPS) is 15.7. The van der Waals surface area contributed by atoms with Gasteiger partial charge in [0, 0.05) is 47.9 Å². The summed E-state index contributed by atoms with van der Waals surface area (Å²) in [7, 11) is 0. The van der Waals surface area contributed by atoms with Gasteiger partial charge in [-0.2, -0.15) is 5.10 Å². The molecule has 1 atom stereocenters. The molecule has 0 aliphatic carbocycles. The molecular weight excluding hydrogens is 350 g/mol. The number of hydrogen-bond acceptors (Lipinski definition) is 5. The number of fused-ring (bicyclic) bond motifs is 1. The predicted octanol–water partition coefficient (Wildman–Crippen LogP) is 2.16. The number of carbonyl (C=O) groups excluding carboxylic acids is 1. The lowest BCUT2D eigenvalue weighted by molar-refractivity contribution is -0.131. The lowest BCUT2D eigenvalue weighted by Gasteiger charge is -2.30. The zero-order valence-corrected chi connectivity index (χ0v) is 16.7. The fraction of sp³-hybridized carbons (Fsp3) is 0.556. The molecule has 2 aromatic rings. The Morgan fingerprint density at radius 2 is 2.12 bits per heavy atom. The summed E-state index contributed by atoms with van der Waals surface area (Å²) in [5, 5.41) is 7.76. The van der Waals surface area contributed by atoms with E-state index in [0.29, 0.717) is 23.9 Å². The Balaban J connectivity index is 1.74. The van der Waals surface area contributed by atoms with E-state index in [1.165, 1.54) is 17.8 Å². The number of hydrogen-bond donors (Lipinski definition) is 2. The average Bonchev–Trinajstić information content (AvgIpc) is 2.96. The molecule has 0 bridgehead atoms. The minimum absolute atomic E-state index is 0.0471. The largest absolute Gasteiger partial charge is 0.337 e. The van der Waals surface area contributed by atoms with Crippen LogP contribution in [-0.2, 0) is 23.2 Å². The number of aromatic amines is 2. The van der Waals surface area contributed by atoms with Gasteiger partial charge in [-0.05, 0) is 13.8 Å². The van der Waals surface area contributed by atoms with Crippen LogP contribution in [0.25, 0.3) is 0 Å². The fourth-order valence-electron chi connectivity index (χ4n) is 3.19. The first kappa shape index (κ1) is 18.7. The molecule has 140 valence electrons. The maximum Gasteiger partial charge on any atom is 0.251 e. The summed E-state index contributed by atoms with van der Waals surface area (Å²) in [6.07, 6.45) is 0.779. The monoisotopic (exact) mass is 375 g/mol. The van der Waals surface area contributed by atoms with Gasteiger partial charge in [0.2, 0.25) is 5.91 Å². The van der Waals surface area contributed by atoms with Crippen LogP contribution >= 0.6 is 11.8 Å². The molecule has 8 heteroatoms. The van der Waals surface area contributed by atoms with E-state index in [0.717, 1.165) is 23.4 Å². The number of thioether (sulfide) groups is 1. The molecule has 0 spiro atoms. The Hall–Kier alpha value is -2.09. The van der Waals surface area contributed by atoms with Crippen molar-refractivity contribution in [3.8, 4) is 0 Å². The zero-order chi connectivity index (χ0) is 19.1. The molecule has 0 fully saturated rings. The number of amides is 1. The van der Waals surface area contributed by atoms with Crippen LogP contribution in [-0.4, -0.2) is 42.8 Å². The number of rotatable bonds is 3. The van der Waals surface area contributed by atoms with E-state index in [1.807, 2.05) is 11.8 Å². The van der Waals surface area contributed by atoms with E-state index in [1.54, 1.807) is 6.92 Å². The van der Waals surface area contributed by atoms with Crippen LogP contribution in [0.3, 0.4) is 0 Å². The highest BCUT2D eigenvalue weighted by molar-refractivity contribution is 8.00. The van der Waals surface area contributed by atoms with Crippen LogP contribution in [0.4, 0.5) is 0 Å². The average molecular weight is 375 g/mol. The van der Waals surface area contributed by atoms with Crippen LogP contribution in [0.1, 0.15) is 50.3 Å². The SMILES string of the molecule is Cc1cc(=O)[nH]c(SC(C)C(=O)N2CCc3[nH]nc(C(C)(C)C)c3C2)n1. The molecule has 3 heterocycles. The third-order valence-corrected chi connectivity index (χ3v) is 5.41. The molecule has 2 N–H and O–H groups in total. The number of aromatic nitrogens is 4. The maximum absolute atomic E-state index is 12.9. The van der Waals surface area contributed by atoms with Gasteiger partial charge < -0.3 is 9.88 Å². The van der Waals surface area contributed by atoms with E-state index in [2.05, 4.69) is 40.9 Å². The summed E-state index contributed by atoms with van der Waals surface area (Å²) < 4.78 is 0. The lowest BCUT2D eigenvalue weighted by atomic mass is 9.87. The molecule has 0 aromatic carbocycles. The summed E-state index contributed by atoms with van der Waals surface area (Å²) in [4.78, 5) is 33.4.